The van der Waals surface area contributed by atoms with Crippen molar-refractivity contribution in [2.24, 2.45) is 4.99 Å². The summed E-state index contributed by atoms with van der Waals surface area (Å²) in [4.78, 5) is 20.3. The molecule has 7 nitrogen and oxygen atoms in total. The number of fused-ring (bicyclic) bond motifs is 1. The SMILES string of the molecule is CCN1C(=O)/C(=C\c2ccc(OCc3ccc4c(c3)OCO4)c(OC)c2)SC1=Nc1cc(C)ccc1C. The number of ether oxygens (including phenoxy) is 4. The van der Waals surface area contributed by atoms with Crippen LogP contribution in [0.1, 0.15) is 29.2 Å². The lowest BCUT2D eigenvalue weighted by Crippen LogP contribution is -2.28. The van der Waals surface area contributed by atoms with Gasteiger partial charge >= 0.3 is 0 Å². The molecule has 0 aliphatic carbocycles. The van der Waals surface area contributed by atoms with Gasteiger partial charge in [-0.05, 0) is 91.2 Å². The molecule has 2 aliphatic heterocycles. The minimum absolute atomic E-state index is 0.0568. The van der Waals surface area contributed by atoms with Crippen LogP contribution in [-0.4, -0.2) is 36.4 Å². The number of likely N-dealkylation sites (N-methyl/N-ethyl adjacent to an activating group) is 1. The Kier molecular flexibility index (Phi) is 7.10. The van der Waals surface area contributed by atoms with Crippen LogP contribution in [0.15, 0.2) is 64.5 Å². The van der Waals surface area contributed by atoms with Gasteiger partial charge in [0.15, 0.2) is 28.2 Å². The molecule has 1 amide bonds. The fraction of sp³-hybridized carbons (Fsp3) is 0.241. The average Bonchev–Trinajstić information content (AvgIpc) is 3.48. The summed E-state index contributed by atoms with van der Waals surface area (Å²) in [6.07, 6.45) is 1.87. The van der Waals surface area contributed by atoms with Crippen molar-refractivity contribution < 1.29 is 23.7 Å². The highest BCUT2D eigenvalue weighted by Gasteiger charge is 2.32. The molecule has 3 aromatic carbocycles. The van der Waals surface area contributed by atoms with Gasteiger partial charge < -0.3 is 18.9 Å². The molecule has 2 heterocycles. The van der Waals surface area contributed by atoms with E-state index in [0.29, 0.717) is 34.7 Å². The van der Waals surface area contributed by atoms with E-state index in [9.17, 15) is 4.79 Å². The molecule has 0 bridgehead atoms. The molecular formula is C29H28N2O5S. The number of aliphatic imine (C=N–C) groups is 1. The van der Waals surface area contributed by atoms with E-state index in [-0.39, 0.29) is 12.7 Å². The van der Waals surface area contributed by atoms with Crippen LogP contribution in [0.25, 0.3) is 6.08 Å². The summed E-state index contributed by atoms with van der Waals surface area (Å²) in [6, 6.07) is 17.5. The molecule has 1 saturated heterocycles. The maximum atomic E-state index is 13.1. The lowest BCUT2D eigenvalue weighted by Gasteiger charge is -2.13. The van der Waals surface area contributed by atoms with Crippen LogP contribution in [-0.2, 0) is 11.4 Å². The highest BCUT2D eigenvalue weighted by atomic mass is 32.2. The van der Waals surface area contributed by atoms with Crippen LogP contribution in [0, 0.1) is 13.8 Å². The molecule has 2 aliphatic rings. The molecule has 8 heteroatoms. The van der Waals surface area contributed by atoms with Gasteiger partial charge in [-0.15, -0.1) is 0 Å². The lowest BCUT2D eigenvalue weighted by atomic mass is 10.1. The van der Waals surface area contributed by atoms with Crippen LogP contribution in [0.2, 0.25) is 0 Å². The Balaban J connectivity index is 1.35. The minimum Gasteiger partial charge on any atom is -0.493 e. The maximum Gasteiger partial charge on any atom is 0.266 e. The molecular weight excluding hydrogens is 488 g/mol. The van der Waals surface area contributed by atoms with Gasteiger partial charge in [-0.3, -0.25) is 9.69 Å². The molecule has 5 rings (SSSR count). The Morgan fingerprint density at radius 2 is 1.86 bits per heavy atom. The molecule has 0 unspecified atom stereocenters. The van der Waals surface area contributed by atoms with Crippen molar-refractivity contribution in [2.75, 3.05) is 20.4 Å². The third kappa shape index (κ3) is 5.29. The fourth-order valence-corrected chi connectivity index (χ4v) is 5.10. The zero-order valence-corrected chi connectivity index (χ0v) is 22.1. The third-order valence-corrected chi connectivity index (χ3v) is 7.11. The van der Waals surface area contributed by atoms with Crippen molar-refractivity contribution in [3.05, 3.63) is 81.8 Å². The summed E-state index contributed by atoms with van der Waals surface area (Å²) in [6.45, 7) is 7.15. The number of carbonyl (C=O) groups is 1. The first-order chi connectivity index (χ1) is 17.9. The van der Waals surface area contributed by atoms with Gasteiger partial charge in [0.2, 0.25) is 6.79 Å². The van der Waals surface area contributed by atoms with Crippen molar-refractivity contribution >= 4 is 34.6 Å². The van der Waals surface area contributed by atoms with Gasteiger partial charge in [0, 0.05) is 6.54 Å². The Hall–Kier alpha value is -3.91. The summed E-state index contributed by atoms with van der Waals surface area (Å²) in [5, 5.41) is 0.683. The van der Waals surface area contributed by atoms with E-state index in [1.807, 2.05) is 75.4 Å². The molecule has 0 N–H and O–H groups in total. The Morgan fingerprint density at radius 1 is 1.03 bits per heavy atom. The van der Waals surface area contributed by atoms with Crippen molar-refractivity contribution in [2.45, 2.75) is 27.4 Å². The van der Waals surface area contributed by atoms with Crippen LogP contribution in [0.4, 0.5) is 5.69 Å². The number of hydrogen-bond donors (Lipinski definition) is 0. The summed E-state index contributed by atoms with van der Waals surface area (Å²) in [5.74, 6) is 2.60. The number of amides is 1. The topological polar surface area (TPSA) is 69.6 Å². The first kappa shape index (κ1) is 24.8. The van der Waals surface area contributed by atoms with Gasteiger partial charge in [-0.25, -0.2) is 4.99 Å². The zero-order chi connectivity index (χ0) is 25.9. The van der Waals surface area contributed by atoms with Gasteiger partial charge in [-0.2, -0.15) is 0 Å². The Morgan fingerprint density at radius 3 is 2.68 bits per heavy atom. The predicted molar refractivity (Wildman–Crippen MR) is 146 cm³/mol. The fourth-order valence-electron chi connectivity index (χ4n) is 4.05. The number of benzene rings is 3. The smallest absolute Gasteiger partial charge is 0.266 e. The van der Waals surface area contributed by atoms with Crippen LogP contribution >= 0.6 is 11.8 Å². The van der Waals surface area contributed by atoms with E-state index in [0.717, 1.165) is 39.4 Å². The summed E-state index contributed by atoms with van der Waals surface area (Å²) in [7, 11) is 1.60. The molecule has 37 heavy (non-hydrogen) atoms. The third-order valence-electron chi connectivity index (χ3n) is 6.10. The average molecular weight is 517 g/mol. The second kappa shape index (κ2) is 10.6. The van der Waals surface area contributed by atoms with E-state index in [1.54, 1.807) is 12.0 Å². The number of methoxy groups -OCH3 is 1. The van der Waals surface area contributed by atoms with Gasteiger partial charge in [0.1, 0.15) is 6.61 Å². The van der Waals surface area contributed by atoms with Crippen molar-refractivity contribution in [3.63, 3.8) is 0 Å². The minimum atomic E-state index is -0.0568. The number of carbonyl (C=O) groups excluding carboxylic acids is 1. The van der Waals surface area contributed by atoms with E-state index in [2.05, 4.69) is 6.07 Å². The second-order valence-corrected chi connectivity index (χ2v) is 9.74. The number of thioether (sulfide) groups is 1. The highest BCUT2D eigenvalue weighted by molar-refractivity contribution is 8.18. The molecule has 1 fully saturated rings. The van der Waals surface area contributed by atoms with Gasteiger partial charge in [0.05, 0.1) is 17.7 Å². The first-order valence-electron chi connectivity index (χ1n) is 12.0. The standard InChI is InChI=1S/C29H28N2O5S/c1-5-31-28(32)27(37-29(31)30-22-12-18(2)6-7-19(22)3)15-20-8-10-23(25(13-20)33-4)34-16-21-9-11-24-26(14-21)36-17-35-24/h6-15H,5,16-17H2,1-4H3/b27-15+,30-29?. The van der Waals surface area contributed by atoms with E-state index in [4.69, 9.17) is 23.9 Å². The predicted octanol–water partition coefficient (Wildman–Crippen LogP) is 6.24. The molecule has 0 aromatic heterocycles. The molecule has 190 valence electrons. The van der Waals surface area contributed by atoms with Gasteiger partial charge in [0.25, 0.3) is 5.91 Å². The van der Waals surface area contributed by atoms with E-state index in [1.165, 1.54) is 11.8 Å². The van der Waals surface area contributed by atoms with Crippen molar-refractivity contribution in [1.29, 1.82) is 0 Å². The molecule has 0 saturated carbocycles. The van der Waals surface area contributed by atoms with Crippen molar-refractivity contribution in [3.8, 4) is 23.0 Å². The monoisotopic (exact) mass is 516 g/mol. The van der Waals surface area contributed by atoms with Crippen molar-refractivity contribution in [1.82, 2.24) is 4.90 Å². The van der Waals surface area contributed by atoms with E-state index < -0.39 is 0 Å². The highest BCUT2D eigenvalue weighted by Crippen LogP contribution is 2.37. The number of aryl methyl sites for hydroxylation is 2. The maximum absolute atomic E-state index is 13.1. The largest absolute Gasteiger partial charge is 0.493 e. The van der Waals surface area contributed by atoms with Gasteiger partial charge in [-0.1, -0.05) is 24.3 Å². The number of amidine groups is 1. The lowest BCUT2D eigenvalue weighted by molar-refractivity contribution is -0.122. The van der Waals surface area contributed by atoms with Crippen LogP contribution in [0.5, 0.6) is 23.0 Å². The summed E-state index contributed by atoms with van der Waals surface area (Å²) < 4.78 is 22.4. The normalized spacial score (nSPS) is 16.6. The molecule has 0 spiro atoms. The van der Waals surface area contributed by atoms with Crippen LogP contribution < -0.4 is 18.9 Å². The molecule has 0 radical (unpaired) electrons. The second-order valence-electron chi connectivity index (χ2n) is 8.73. The molecule has 0 atom stereocenters. The van der Waals surface area contributed by atoms with E-state index >= 15 is 0 Å². The number of nitrogens with zero attached hydrogens (tertiary/aromatic N) is 2. The summed E-state index contributed by atoms with van der Waals surface area (Å²) >= 11 is 1.38. The number of hydrogen-bond acceptors (Lipinski definition) is 7. The Labute approximate surface area is 220 Å². The number of rotatable bonds is 7. The summed E-state index contributed by atoms with van der Waals surface area (Å²) in [5.41, 5.74) is 4.88. The molecule has 3 aromatic rings. The van der Waals surface area contributed by atoms with Crippen LogP contribution in [0.3, 0.4) is 0 Å². The first-order valence-corrected chi connectivity index (χ1v) is 12.8. The zero-order valence-electron chi connectivity index (χ0n) is 21.2. The Bertz CT molecular complexity index is 1420. The quantitative estimate of drug-likeness (QED) is 0.346.